The molecule has 2 nitrogen and oxygen atoms in total. The predicted octanol–water partition coefficient (Wildman–Crippen LogP) is 3.66. The molecule has 0 radical (unpaired) electrons. The first kappa shape index (κ1) is 12.8. The summed E-state index contributed by atoms with van der Waals surface area (Å²) in [6.45, 7) is 2.99. The fourth-order valence-corrected chi connectivity index (χ4v) is 2.50. The molecule has 0 heterocycles. The molecule has 1 unspecified atom stereocenters. The molecule has 0 amide bonds. The SMILES string of the molecule is CCNC(c1cc(Br)c(F)cc1OC)C1CC1. The third kappa shape index (κ3) is 2.80. The molecule has 0 bridgehead atoms. The van der Waals surface area contributed by atoms with E-state index in [0.29, 0.717) is 16.1 Å². The molecule has 1 aliphatic rings. The van der Waals surface area contributed by atoms with E-state index in [1.165, 1.54) is 18.9 Å². The number of nitrogens with one attached hydrogen (secondary N) is 1. The second-order valence-corrected chi connectivity index (χ2v) is 5.24. The summed E-state index contributed by atoms with van der Waals surface area (Å²) in [5.41, 5.74) is 1.05. The highest BCUT2D eigenvalue weighted by molar-refractivity contribution is 9.10. The minimum atomic E-state index is -0.281. The molecule has 17 heavy (non-hydrogen) atoms. The summed E-state index contributed by atoms with van der Waals surface area (Å²) in [4.78, 5) is 0. The third-order valence-corrected chi connectivity index (χ3v) is 3.73. The Kier molecular flexibility index (Phi) is 4.05. The summed E-state index contributed by atoms with van der Waals surface area (Å²) in [7, 11) is 1.59. The lowest BCUT2D eigenvalue weighted by atomic mass is 10.0. The number of ether oxygens (including phenoxy) is 1. The molecule has 1 aromatic carbocycles. The second-order valence-electron chi connectivity index (χ2n) is 4.38. The van der Waals surface area contributed by atoms with E-state index in [4.69, 9.17) is 4.74 Å². The Morgan fingerprint density at radius 3 is 2.76 bits per heavy atom. The van der Waals surface area contributed by atoms with E-state index in [1.54, 1.807) is 7.11 Å². The van der Waals surface area contributed by atoms with Crippen molar-refractivity contribution in [2.75, 3.05) is 13.7 Å². The molecular formula is C13H17BrFNO. The molecule has 0 spiro atoms. The van der Waals surface area contributed by atoms with Crippen molar-refractivity contribution >= 4 is 15.9 Å². The number of methoxy groups -OCH3 is 1. The summed E-state index contributed by atoms with van der Waals surface area (Å²) in [6, 6.07) is 3.55. The van der Waals surface area contributed by atoms with E-state index in [0.717, 1.165) is 12.1 Å². The standard InChI is InChI=1S/C13H17BrFNO/c1-3-16-13(8-4-5-8)9-6-10(14)11(15)7-12(9)17-2/h6-8,13,16H,3-5H2,1-2H3. The zero-order chi connectivity index (χ0) is 12.4. The van der Waals surface area contributed by atoms with E-state index in [1.807, 2.05) is 6.07 Å². The summed E-state index contributed by atoms with van der Waals surface area (Å²) in [5, 5.41) is 3.46. The Labute approximate surface area is 110 Å². The van der Waals surface area contributed by atoms with Gasteiger partial charge in [-0.15, -0.1) is 0 Å². The van der Waals surface area contributed by atoms with Crippen LogP contribution >= 0.6 is 15.9 Å². The van der Waals surface area contributed by atoms with E-state index in [9.17, 15) is 4.39 Å². The Morgan fingerprint density at radius 2 is 2.24 bits per heavy atom. The van der Waals surface area contributed by atoms with Gasteiger partial charge in [-0.1, -0.05) is 6.92 Å². The van der Waals surface area contributed by atoms with Crippen molar-refractivity contribution in [3.05, 3.63) is 28.0 Å². The van der Waals surface area contributed by atoms with Crippen molar-refractivity contribution in [2.45, 2.75) is 25.8 Å². The van der Waals surface area contributed by atoms with Gasteiger partial charge in [0.25, 0.3) is 0 Å². The van der Waals surface area contributed by atoms with Gasteiger partial charge in [-0.3, -0.25) is 0 Å². The average molecular weight is 302 g/mol. The Hall–Kier alpha value is -0.610. The van der Waals surface area contributed by atoms with Crippen molar-refractivity contribution < 1.29 is 9.13 Å². The lowest BCUT2D eigenvalue weighted by molar-refractivity contribution is 0.389. The smallest absolute Gasteiger partial charge is 0.141 e. The quantitative estimate of drug-likeness (QED) is 0.896. The van der Waals surface area contributed by atoms with E-state index < -0.39 is 0 Å². The summed E-state index contributed by atoms with van der Waals surface area (Å²) >= 11 is 3.24. The molecule has 0 aromatic heterocycles. The maximum atomic E-state index is 13.5. The van der Waals surface area contributed by atoms with Crippen LogP contribution in [0.3, 0.4) is 0 Å². The van der Waals surface area contributed by atoms with Crippen molar-refractivity contribution in [1.82, 2.24) is 5.32 Å². The number of halogens is 2. The maximum Gasteiger partial charge on any atom is 0.141 e. The lowest BCUT2D eigenvalue weighted by Gasteiger charge is -2.21. The molecule has 2 rings (SSSR count). The van der Waals surface area contributed by atoms with Gasteiger partial charge < -0.3 is 10.1 Å². The number of hydrogen-bond donors (Lipinski definition) is 1. The molecular weight excluding hydrogens is 285 g/mol. The predicted molar refractivity (Wildman–Crippen MR) is 69.8 cm³/mol. The molecule has 1 atom stereocenters. The molecule has 1 N–H and O–H groups in total. The maximum absolute atomic E-state index is 13.5. The van der Waals surface area contributed by atoms with Crippen molar-refractivity contribution in [3.63, 3.8) is 0 Å². The number of rotatable bonds is 5. The molecule has 1 fully saturated rings. The second kappa shape index (κ2) is 5.36. The fraction of sp³-hybridized carbons (Fsp3) is 0.538. The first-order valence-electron chi connectivity index (χ1n) is 5.93. The molecule has 0 saturated heterocycles. The minimum absolute atomic E-state index is 0.270. The van der Waals surface area contributed by atoms with Gasteiger partial charge in [0.1, 0.15) is 11.6 Å². The molecule has 4 heteroatoms. The van der Waals surface area contributed by atoms with Gasteiger partial charge in [-0.25, -0.2) is 4.39 Å². The Bertz CT molecular complexity index is 407. The van der Waals surface area contributed by atoms with Crippen LogP contribution in [0, 0.1) is 11.7 Å². The number of benzene rings is 1. The van der Waals surface area contributed by atoms with Crippen LogP contribution in [0.4, 0.5) is 4.39 Å². The number of hydrogen-bond acceptors (Lipinski definition) is 2. The highest BCUT2D eigenvalue weighted by Gasteiger charge is 2.33. The van der Waals surface area contributed by atoms with Crippen LogP contribution in [-0.4, -0.2) is 13.7 Å². The van der Waals surface area contributed by atoms with Crippen molar-refractivity contribution in [3.8, 4) is 5.75 Å². The lowest BCUT2D eigenvalue weighted by Crippen LogP contribution is -2.23. The zero-order valence-corrected chi connectivity index (χ0v) is 11.7. The van der Waals surface area contributed by atoms with Gasteiger partial charge in [0, 0.05) is 17.7 Å². The van der Waals surface area contributed by atoms with Crippen LogP contribution in [0.5, 0.6) is 5.75 Å². The van der Waals surface area contributed by atoms with Crippen LogP contribution in [0.15, 0.2) is 16.6 Å². The van der Waals surface area contributed by atoms with Crippen molar-refractivity contribution in [2.24, 2.45) is 5.92 Å². The summed E-state index contributed by atoms with van der Waals surface area (Å²) < 4.78 is 19.2. The van der Waals surface area contributed by atoms with Crippen LogP contribution < -0.4 is 10.1 Å². The summed E-state index contributed by atoms with van der Waals surface area (Å²) in [5.74, 6) is 1.00. The van der Waals surface area contributed by atoms with Crippen LogP contribution in [0.1, 0.15) is 31.4 Å². The first-order valence-corrected chi connectivity index (χ1v) is 6.73. The van der Waals surface area contributed by atoms with E-state index in [2.05, 4.69) is 28.2 Å². The molecule has 94 valence electrons. The largest absolute Gasteiger partial charge is 0.496 e. The van der Waals surface area contributed by atoms with Crippen LogP contribution in [0.25, 0.3) is 0 Å². The zero-order valence-electron chi connectivity index (χ0n) is 10.1. The monoisotopic (exact) mass is 301 g/mol. The normalized spacial score (nSPS) is 16.9. The highest BCUT2D eigenvalue weighted by atomic mass is 79.9. The molecule has 1 aromatic rings. The van der Waals surface area contributed by atoms with E-state index in [-0.39, 0.29) is 11.9 Å². The van der Waals surface area contributed by atoms with Crippen molar-refractivity contribution in [1.29, 1.82) is 0 Å². The first-order chi connectivity index (χ1) is 8.17. The molecule has 1 saturated carbocycles. The fourth-order valence-electron chi connectivity index (χ4n) is 2.14. The van der Waals surface area contributed by atoms with E-state index >= 15 is 0 Å². The van der Waals surface area contributed by atoms with Gasteiger partial charge in [0.05, 0.1) is 11.6 Å². The van der Waals surface area contributed by atoms with Gasteiger partial charge in [0.15, 0.2) is 0 Å². The molecule has 1 aliphatic carbocycles. The Morgan fingerprint density at radius 1 is 1.53 bits per heavy atom. The van der Waals surface area contributed by atoms with Gasteiger partial charge >= 0.3 is 0 Å². The Balaban J connectivity index is 2.36. The van der Waals surface area contributed by atoms with Gasteiger partial charge in [0.2, 0.25) is 0 Å². The average Bonchev–Trinajstić information content (AvgIpc) is 3.13. The van der Waals surface area contributed by atoms with Gasteiger partial charge in [-0.2, -0.15) is 0 Å². The minimum Gasteiger partial charge on any atom is -0.496 e. The van der Waals surface area contributed by atoms with Crippen LogP contribution in [0.2, 0.25) is 0 Å². The highest BCUT2D eigenvalue weighted by Crippen LogP contribution is 2.44. The topological polar surface area (TPSA) is 21.3 Å². The molecule has 0 aliphatic heterocycles. The van der Waals surface area contributed by atoms with Crippen LogP contribution in [-0.2, 0) is 0 Å². The summed E-state index contributed by atoms with van der Waals surface area (Å²) in [6.07, 6.45) is 2.46. The third-order valence-electron chi connectivity index (χ3n) is 3.13. The van der Waals surface area contributed by atoms with Gasteiger partial charge in [-0.05, 0) is 47.3 Å².